The number of fused-ring (bicyclic) bond motifs is 1. The number of halogens is 1. The van der Waals surface area contributed by atoms with E-state index in [-0.39, 0.29) is 24.1 Å². The molecule has 20 heavy (non-hydrogen) atoms. The van der Waals surface area contributed by atoms with Crippen LogP contribution >= 0.6 is 12.4 Å². The van der Waals surface area contributed by atoms with Gasteiger partial charge in [0.05, 0.1) is 11.0 Å². The van der Waals surface area contributed by atoms with Crippen LogP contribution in [0.1, 0.15) is 18.9 Å². The fraction of sp³-hybridized carbons (Fsp3) is 0.500. The molecule has 0 unspecified atom stereocenters. The van der Waals surface area contributed by atoms with Crippen molar-refractivity contribution in [3.05, 3.63) is 34.7 Å². The molecule has 110 valence electrons. The number of nitrogens with zero attached hydrogens (tertiary/aromatic N) is 2. The Bertz CT molecular complexity index is 629. The van der Waals surface area contributed by atoms with Gasteiger partial charge in [0.1, 0.15) is 6.73 Å². The molecule has 0 amide bonds. The maximum atomic E-state index is 12.6. The third kappa shape index (κ3) is 2.49. The second-order valence-corrected chi connectivity index (χ2v) is 4.97. The van der Waals surface area contributed by atoms with Crippen LogP contribution in [0.25, 0.3) is 11.0 Å². The lowest BCUT2D eigenvalue weighted by Gasteiger charge is -2.23. The minimum Gasteiger partial charge on any atom is -0.364 e. The van der Waals surface area contributed by atoms with Crippen molar-refractivity contribution >= 4 is 23.4 Å². The molecule has 5 nitrogen and oxygen atoms in total. The van der Waals surface area contributed by atoms with Gasteiger partial charge in [0, 0.05) is 13.2 Å². The first-order chi connectivity index (χ1) is 9.33. The summed E-state index contributed by atoms with van der Waals surface area (Å²) in [6, 6.07) is 8.23. The Kier molecular flexibility index (Phi) is 4.86. The quantitative estimate of drug-likeness (QED) is 0.939. The third-order valence-electron chi connectivity index (χ3n) is 3.80. The summed E-state index contributed by atoms with van der Waals surface area (Å²) in [6.07, 6.45) is 2.00. The average molecular weight is 298 g/mol. The summed E-state index contributed by atoms with van der Waals surface area (Å²) in [5.41, 5.74) is 2.00. The first-order valence-corrected chi connectivity index (χ1v) is 6.72. The predicted octanol–water partition coefficient (Wildman–Crippen LogP) is 1.75. The van der Waals surface area contributed by atoms with Crippen molar-refractivity contribution in [2.75, 3.05) is 20.2 Å². The van der Waals surface area contributed by atoms with E-state index in [9.17, 15) is 4.79 Å². The summed E-state index contributed by atoms with van der Waals surface area (Å²) >= 11 is 0. The highest BCUT2D eigenvalue weighted by Crippen LogP contribution is 2.23. The fourth-order valence-electron chi connectivity index (χ4n) is 2.90. The second-order valence-electron chi connectivity index (χ2n) is 4.97. The average Bonchev–Trinajstić information content (AvgIpc) is 2.73. The molecule has 0 atom stereocenters. The molecule has 2 heterocycles. The summed E-state index contributed by atoms with van der Waals surface area (Å²) in [6.45, 7) is 2.25. The SMILES string of the molecule is COCn1c(=O)n(C2CCNCC2)c2ccccc21.Cl. The van der Waals surface area contributed by atoms with Crippen LogP contribution in [0, 0.1) is 0 Å². The Hall–Kier alpha value is -1.30. The molecular formula is C14H20ClN3O2. The Morgan fingerprint density at radius 1 is 1.25 bits per heavy atom. The number of methoxy groups -OCH3 is 1. The summed E-state index contributed by atoms with van der Waals surface area (Å²) in [7, 11) is 1.61. The van der Waals surface area contributed by atoms with Crippen LogP contribution < -0.4 is 11.0 Å². The molecule has 1 saturated heterocycles. The molecule has 0 spiro atoms. The largest absolute Gasteiger partial charge is 0.364 e. The highest BCUT2D eigenvalue weighted by molar-refractivity contribution is 5.85. The third-order valence-corrected chi connectivity index (χ3v) is 3.80. The Morgan fingerprint density at radius 2 is 1.90 bits per heavy atom. The Morgan fingerprint density at radius 3 is 2.55 bits per heavy atom. The number of ether oxygens (including phenoxy) is 1. The normalized spacial score (nSPS) is 16.2. The number of aromatic nitrogens is 2. The minimum atomic E-state index is 0. The molecule has 0 saturated carbocycles. The molecule has 2 aromatic rings. The van der Waals surface area contributed by atoms with Crippen molar-refractivity contribution in [3.63, 3.8) is 0 Å². The molecule has 1 aliphatic heterocycles. The number of imidazole rings is 1. The van der Waals surface area contributed by atoms with E-state index < -0.39 is 0 Å². The van der Waals surface area contributed by atoms with Gasteiger partial charge in [-0.2, -0.15) is 0 Å². The van der Waals surface area contributed by atoms with Gasteiger partial charge in [0.25, 0.3) is 0 Å². The number of para-hydroxylation sites is 2. The molecule has 6 heteroatoms. The zero-order chi connectivity index (χ0) is 13.2. The van der Waals surface area contributed by atoms with Gasteiger partial charge in [-0.05, 0) is 38.1 Å². The van der Waals surface area contributed by atoms with Crippen molar-refractivity contribution in [3.8, 4) is 0 Å². The summed E-state index contributed by atoms with van der Waals surface area (Å²) < 4.78 is 8.80. The number of nitrogens with one attached hydrogen (secondary N) is 1. The zero-order valence-corrected chi connectivity index (χ0v) is 12.4. The standard InChI is InChI=1S/C14H19N3O2.ClH/c1-19-10-16-12-4-2-3-5-13(12)17(14(16)18)11-6-8-15-9-7-11;/h2-5,11,15H,6-10H2,1H3;1H. The molecule has 1 aromatic heterocycles. The highest BCUT2D eigenvalue weighted by atomic mass is 35.5. The van der Waals surface area contributed by atoms with Crippen LogP contribution in [-0.4, -0.2) is 29.3 Å². The van der Waals surface area contributed by atoms with E-state index in [1.54, 1.807) is 11.7 Å². The molecule has 1 aromatic carbocycles. The Labute approximate surface area is 123 Å². The van der Waals surface area contributed by atoms with Crippen LogP contribution in [0.2, 0.25) is 0 Å². The Balaban J connectivity index is 0.00000147. The van der Waals surface area contributed by atoms with Gasteiger partial charge in [-0.1, -0.05) is 12.1 Å². The van der Waals surface area contributed by atoms with Crippen LogP contribution in [0.15, 0.2) is 29.1 Å². The van der Waals surface area contributed by atoms with E-state index in [0.717, 1.165) is 37.0 Å². The van der Waals surface area contributed by atoms with Crippen LogP contribution in [0.4, 0.5) is 0 Å². The molecule has 3 rings (SSSR count). The van der Waals surface area contributed by atoms with Crippen LogP contribution in [-0.2, 0) is 11.5 Å². The van der Waals surface area contributed by atoms with E-state index >= 15 is 0 Å². The van der Waals surface area contributed by atoms with Gasteiger partial charge in [0.15, 0.2) is 0 Å². The van der Waals surface area contributed by atoms with Crippen molar-refractivity contribution in [1.82, 2.24) is 14.5 Å². The van der Waals surface area contributed by atoms with E-state index in [4.69, 9.17) is 4.74 Å². The molecular weight excluding hydrogens is 278 g/mol. The van der Waals surface area contributed by atoms with Crippen molar-refractivity contribution in [1.29, 1.82) is 0 Å². The van der Waals surface area contributed by atoms with Crippen LogP contribution in [0.5, 0.6) is 0 Å². The number of benzene rings is 1. The van der Waals surface area contributed by atoms with Gasteiger partial charge < -0.3 is 10.1 Å². The molecule has 0 radical (unpaired) electrons. The van der Waals surface area contributed by atoms with Gasteiger partial charge in [-0.15, -0.1) is 12.4 Å². The van der Waals surface area contributed by atoms with E-state index in [1.165, 1.54) is 0 Å². The molecule has 1 aliphatic rings. The number of hydrogen-bond acceptors (Lipinski definition) is 3. The highest BCUT2D eigenvalue weighted by Gasteiger charge is 2.21. The minimum absolute atomic E-state index is 0. The first kappa shape index (κ1) is 15.1. The molecule has 0 aliphatic carbocycles. The van der Waals surface area contributed by atoms with Gasteiger partial charge in [-0.3, -0.25) is 9.13 Å². The van der Waals surface area contributed by atoms with E-state index in [1.807, 2.05) is 28.8 Å². The molecule has 1 fully saturated rings. The smallest absolute Gasteiger partial charge is 0.331 e. The predicted molar refractivity (Wildman–Crippen MR) is 81.6 cm³/mol. The van der Waals surface area contributed by atoms with Gasteiger partial charge in [-0.25, -0.2) is 4.79 Å². The van der Waals surface area contributed by atoms with Gasteiger partial charge in [0.2, 0.25) is 0 Å². The van der Waals surface area contributed by atoms with Crippen LogP contribution in [0.3, 0.4) is 0 Å². The number of rotatable bonds is 3. The van der Waals surface area contributed by atoms with Crippen molar-refractivity contribution in [2.45, 2.75) is 25.6 Å². The molecule has 0 bridgehead atoms. The van der Waals surface area contributed by atoms with E-state index in [0.29, 0.717) is 6.73 Å². The molecule has 1 N–H and O–H groups in total. The first-order valence-electron chi connectivity index (χ1n) is 6.72. The maximum Gasteiger partial charge on any atom is 0.331 e. The monoisotopic (exact) mass is 297 g/mol. The zero-order valence-electron chi connectivity index (χ0n) is 11.5. The summed E-state index contributed by atoms with van der Waals surface area (Å²) in [4.78, 5) is 12.6. The topological polar surface area (TPSA) is 48.2 Å². The summed E-state index contributed by atoms with van der Waals surface area (Å²) in [5, 5.41) is 3.34. The van der Waals surface area contributed by atoms with Crippen molar-refractivity contribution in [2.24, 2.45) is 0 Å². The summed E-state index contributed by atoms with van der Waals surface area (Å²) in [5.74, 6) is 0. The lowest BCUT2D eigenvalue weighted by Crippen LogP contribution is -2.35. The van der Waals surface area contributed by atoms with Gasteiger partial charge >= 0.3 is 5.69 Å². The van der Waals surface area contributed by atoms with Crippen molar-refractivity contribution < 1.29 is 4.74 Å². The lowest BCUT2D eigenvalue weighted by atomic mass is 10.1. The van der Waals surface area contributed by atoms with E-state index in [2.05, 4.69) is 5.32 Å². The number of piperidine rings is 1. The maximum absolute atomic E-state index is 12.6. The number of hydrogen-bond donors (Lipinski definition) is 1. The fourth-order valence-corrected chi connectivity index (χ4v) is 2.90. The second kappa shape index (κ2) is 6.43. The lowest BCUT2D eigenvalue weighted by molar-refractivity contribution is 0.130.